The van der Waals surface area contributed by atoms with Crippen molar-refractivity contribution in [2.75, 3.05) is 25.6 Å². The molecule has 1 rings (SSSR count). The topological polar surface area (TPSA) is 52.6 Å². The molecule has 0 amide bonds. The fraction of sp³-hybridized carbons (Fsp3) is 1.00. The van der Waals surface area contributed by atoms with Crippen molar-refractivity contribution in [2.24, 2.45) is 0 Å². The van der Waals surface area contributed by atoms with Gasteiger partial charge >= 0.3 is 0 Å². The second-order valence-corrected chi connectivity index (χ2v) is 5.09. The van der Waals surface area contributed by atoms with Gasteiger partial charge in [0.2, 0.25) is 9.05 Å². The van der Waals surface area contributed by atoms with Gasteiger partial charge in [0.15, 0.2) is 0 Å². The van der Waals surface area contributed by atoms with Crippen LogP contribution in [-0.4, -0.2) is 40.1 Å². The fourth-order valence-electron chi connectivity index (χ4n) is 0.855. The van der Waals surface area contributed by atoms with Gasteiger partial charge in [-0.05, 0) is 0 Å². The maximum atomic E-state index is 10.5. The third kappa shape index (κ3) is 3.91. The van der Waals surface area contributed by atoms with E-state index in [4.69, 9.17) is 20.2 Å². The van der Waals surface area contributed by atoms with Crippen LogP contribution in [0.5, 0.6) is 0 Å². The van der Waals surface area contributed by atoms with E-state index in [1.165, 1.54) is 0 Å². The molecule has 11 heavy (non-hydrogen) atoms. The molecular weight excluding hydrogens is 192 g/mol. The van der Waals surface area contributed by atoms with Crippen LogP contribution in [0.4, 0.5) is 0 Å². The smallest absolute Gasteiger partial charge is 0.235 e. The lowest BCUT2D eigenvalue weighted by Crippen LogP contribution is -2.33. The monoisotopic (exact) mass is 200 g/mol. The lowest BCUT2D eigenvalue weighted by Gasteiger charge is -2.21. The van der Waals surface area contributed by atoms with Crippen LogP contribution in [0.2, 0.25) is 0 Å². The van der Waals surface area contributed by atoms with Crippen LogP contribution >= 0.6 is 10.7 Å². The zero-order valence-corrected chi connectivity index (χ0v) is 7.40. The minimum Gasteiger partial charge on any atom is -0.376 e. The molecule has 1 saturated heterocycles. The van der Waals surface area contributed by atoms with Gasteiger partial charge in [-0.2, -0.15) is 0 Å². The molecule has 0 spiro atoms. The molecule has 0 aromatic heterocycles. The molecule has 66 valence electrons. The fourth-order valence-corrected chi connectivity index (χ4v) is 1.91. The molecule has 0 aromatic carbocycles. The van der Waals surface area contributed by atoms with E-state index >= 15 is 0 Å². The molecule has 1 fully saturated rings. The molecule has 4 nitrogen and oxygen atoms in total. The van der Waals surface area contributed by atoms with Crippen LogP contribution in [0.15, 0.2) is 0 Å². The van der Waals surface area contributed by atoms with Crippen LogP contribution in [0.1, 0.15) is 0 Å². The summed E-state index contributed by atoms with van der Waals surface area (Å²) in [6.45, 7) is 1.28. The van der Waals surface area contributed by atoms with Crippen LogP contribution in [0.25, 0.3) is 0 Å². The van der Waals surface area contributed by atoms with E-state index < -0.39 is 15.2 Å². The van der Waals surface area contributed by atoms with Crippen LogP contribution < -0.4 is 0 Å². The maximum Gasteiger partial charge on any atom is 0.235 e. The van der Waals surface area contributed by atoms with Gasteiger partial charge in [-0.3, -0.25) is 0 Å². The molecule has 6 heteroatoms. The molecule has 0 radical (unpaired) electrons. The highest BCUT2D eigenvalue weighted by atomic mass is 35.7. The van der Waals surface area contributed by atoms with Crippen LogP contribution in [-0.2, 0) is 18.5 Å². The minimum absolute atomic E-state index is 0.172. The normalized spacial score (nSPS) is 26.8. The molecule has 1 aliphatic rings. The van der Waals surface area contributed by atoms with Crippen molar-refractivity contribution >= 4 is 19.7 Å². The standard InChI is InChI=1S/C5H9ClO4S/c6-11(7,8)4-5-3-9-1-2-10-5/h5H,1-4H2. The first kappa shape index (κ1) is 9.25. The molecule has 1 heterocycles. The highest BCUT2D eigenvalue weighted by molar-refractivity contribution is 8.13. The minimum atomic E-state index is -3.46. The summed E-state index contributed by atoms with van der Waals surface area (Å²) in [5.41, 5.74) is 0. The van der Waals surface area contributed by atoms with E-state index in [9.17, 15) is 8.42 Å². The Morgan fingerprint density at radius 1 is 1.45 bits per heavy atom. The summed E-state index contributed by atoms with van der Waals surface area (Å²) >= 11 is 0. The zero-order valence-electron chi connectivity index (χ0n) is 5.82. The van der Waals surface area contributed by atoms with E-state index in [1.807, 2.05) is 0 Å². The summed E-state index contributed by atoms with van der Waals surface area (Å²) in [5, 5.41) is 0. The van der Waals surface area contributed by atoms with Gasteiger partial charge in [0.25, 0.3) is 0 Å². The van der Waals surface area contributed by atoms with Gasteiger partial charge in [0, 0.05) is 10.7 Å². The average molecular weight is 201 g/mol. The largest absolute Gasteiger partial charge is 0.376 e. The van der Waals surface area contributed by atoms with Crippen LogP contribution in [0.3, 0.4) is 0 Å². The Balaban J connectivity index is 2.36. The predicted molar refractivity (Wildman–Crippen MR) is 40.2 cm³/mol. The molecule has 1 atom stereocenters. The van der Waals surface area contributed by atoms with Crippen molar-refractivity contribution in [3.63, 3.8) is 0 Å². The molecule has 0 bridgehead atoms. The van der Waals surface area contributed by atoms with Gasteiger partial charge in [0.05, 0.1) is 31.7 Å². The molecule has 0 aliphatic carbocycles. The second kappa shape index (κ2) is 3.71. The van der Waals surface area contributed by atoms with Gasteiger partial charge in [-0.25, -0.2) is 8.42 Å². The summed E-state index contributed by atoms with van der Waals surface area (Å²) < 4.78 is 31.1. The van der Waals surface area contributed by atoms with Crippen molar-refractivity contribution in [3.8, 4) is 0 Å². The van der Waals surface area contributed by atoms with Gasteiger partial charge in [-0.1, -0.05) is 0 Å². The summed E-state index contributed by atoms with van der Waals surface area (Å²) in [4.78, 5) is 0. The van der Waals surface area contributed by atoms with E-state index in [2.05, 4.69) is 0 Å². The van der Waals surface area contributed by atoms with Crippen molar-refractivity contribution < 1.29 is 17.9 Å². The van der Waals surface area contributed by atoms with Crippen molar-refractivity contribution in [1.29, 1.82) is 0 Å². The molecule has 1 aliphatic heterocycles. The van der Waals surface area contributed by atoms with E-state index in [0.717, 1.165) is 0 Å². The summed E-state index contributed by atoms with van der Waals surface area (Å²) in [7, 11) is 1.55. The molecular formula is C5H9ClO4S. The average Bonchev–Trinajstić information content (AvgIpc) is 1.85. The van der Waals surface area contributed by atoms with Gasteiger partial charge < -0.3 is 9.47 Å². The molecule has 0 saturated carbocycles. The Kier molecular flexibility index (Phi) is 3.12. The highest BCUT2D eigenvalue weighted by Gasteiger charge is 2.20. The number of rotatable bonds is 2. The Morgan fingerprint density at radius 2 is 2.18 bits per heavy atom. The Morgan fingerprint density at radius 3 is 2.64 bits per heavy atom. The number of ether oxygens (including phenoxy) is 2. The first-order valence-electron chi connectivity index (χ1n) is 3.19. The first-order valence-corrected chi connectivity index (χ1v) is 5.67. The molecule has 1 unspecified atom stereocenters. The first-order chi connectivity index (χ1) is 5.08. The van der Waals surface area contributed by atoms with Crippen molar-refractivity contribution in [2.45, 2.75) is 6.10 Å². The van der Waals surface area contributed by atoms with Crippen molar-refractivity contribution in [3.05, 3.63) is 0 Å². The maximum absolute atomic E-state index is 10.5. The number of halogens is 1. The third-order valence-electron chi connectivity index (χ3n) is 1.27. The van der Waals surface area contributed by atoms with Crippen LogP contribution in [0, 0.1) is 0 Å². The Labute approximate surface area is 69.9 Å². The summed E-state index contributed by atoms with van der Waals surface area (Å²) in [6, 6.07) is 0. The highest BCUT2D eigenvalue weighted by Crippen LogP contribution is 2.06. The van der Waals surface area contributed by atoms with Crippen molar-refractivity contribution in [1.82, 2.24) is 0 Å². The molecule has 0 N–H and O–H groups in total. The quantitative estimate of drug-likeness (QED) is 0.588. The third-order valence-corrected chi connectivity index (χ3v) is 2.42. The van der Waals surface area contributed by atoms with Gasteiger partial charge in [-0.15, -0.1) is 0 Å². The Bertz CT molecular complexity index is 207. The number of hydrogen-bond donors (Lipinski definition) is 0. The summed E-state index contributed by atoms with van der Waals surface area (Å²) in [6.07, 6.45) is -0.397. The van der Waals surface area contributed by atoms with Gasteiger partial charge in [0.1, 0.15) is 0 Å². The lowest BCUT2D eigenvalue weighted by molar-refractivity contribution is -0.0781. The second-order valence-electron chi connectivity index (χ2n) is 2.27. The number of hydrogen-bond acceptors (Lipinski definition) is 4. The predicted octanol–water partition coefficient (Wildman–Crippen LogP) is -0.0296. The summed E-state index contributed by atoms with van der Waals surface area (Å²) in [5.74, 6) is -0.172. The van der Waals surface area contributed by atoms with E-state index in [1.54, 1.807) is 0 Å². The van der Waals surface area contributed by atoms with E-state index in [0.29, 0.717) is 19.8 Å². The lowest BCUT2D eigenvalue weighted by atomic mass is 10.4. The zero-order chi connectivity index (χ0) is 8.32. The Hall–Kier alpha value is 0.160. The van der Waals surface area contributed by atoms with E-state index in [-0.39, 0.29) is 5.75 Å². The molecule has 0 aromatic rings. The SMILES string of the molecule is O=S(=O)(Cl)CC1COCCO1.